The number of hydrogen-bond acceptors (Lipinski definition) is 2. The van der Waals surface area contributed by atoms with Gasteiger partial charge in [0.25, 0.3) is 0 Å². The van der Waals surface area contributed by atoms with Crippen LogP contribution in [0.3, 0.4) is 0 Å². The molecule has 1 aromatic heterocycles. The van der Waals surface area contributed by atoms with Gasteiger partial charge in [0.2, 0.25) is 0 Å². The topological polar surface area (TPSA) is 25.2 Å². The van der Waals surface area contributed by atoms with Crippen LogP contribution in [0.5, 0.6) is 0 Å². The number of rotatable bonds is 1. The molecule has 3 rings (SSSR count). The van der Waals surface area contributed by atoms with Crippen LogP contribution in [0.15, 0.2) is 34.7 Å². The molecule has 0 saturated carbocycles. The van der Waals surface area contributed by atoms with E-state index in [0.717, 1.165) is 30.8 Å². The lowest BCUT2D eigenvalue weighted by atomic mass is 10.1. The maximum absolute atomic E-state index is 13.6. The first kappa shape index (κ1) is 9.60. The summed E-state index contributed by atoms with van der Waals surface area (Å²) in [4.78, 5) is 0. The maximum atomic E-state index is 13.6. The Morgan fingerprint density at radius 2 is 2.12 bits per heavy atom. The summed E-state index contributed by atoms with van der Waals surface area (Å²) in [5.41, 5.74) is 1.68. The van der Waals surface area contributed by atoms with E-state index in [4.69, 9.17) is 4.42 Å². The number of halogens is 1. The van der Waals surface area contributed by atoms with E-state index in [1.54, 1.807) is 12.1 Å². The summed E-state index contributed by atoms with van der Waals surface area (Å²) in [6.07, 6.45) is 0.879. The quantitative estimate of drug-likeness (QED) is 0.794. The van der Waals surface area contributed by atoms with E-state index in [9.17, 15) is 4.39 Å². The standard InChI is InChI=1S/C13H12FNO/c14-11-4-2-1-3-10(11)13-7-9-8-15-6-5-12(9)16-13/h1-4,7,15H,5-6,8H2. The van der Waals surface area contributed by atoms with E-state index in [-0.39, 0.29) is 5.82 Å². The Labute approximate surface area is 93.1 Å². The molecular formula is C13H12FNO. The first-order valence-electron chi connectivity index (χ1n) is 5.42. The van der Waals surface area contributed by atoms with E-state index in [1.165, 1.54) is 6.07 Å². The molecule has 82 valence electrons. The number of furan rings is 1. The van der Waals surface area contributed by atoms with Gasteiger partial charge < -0.3 is 9.73 Å². The van der Waals surface area contributed by atoms with E-state index >= 15 is 0 Å². The Morgan fingerprint density at radius 3 is 2.94 bits per heavy atom. The van der Waals surface area contributed by atoms with Gasteiger partial charge in [0.05, 0.1) is 5.56 Å². The molecule has 0 aliphatic carbocycles. The van der Waals surface area contributed by atoms with Crippen molar-refractivity contribution in [3.63, 3.8) is 0 Å². The third-order valence-electron chi connectivity index (χ3n) is 2.88. The molecule has 0 spiro atoms. The van der Waals surface area contributed by atoms with Crippen LogP contribution in [-0.4, -0.2) is 6.54 Å². The lowest BCUT2D eigenvalue weighted by molar-refractivity contribution is 0.481. The van der Waals surface area contributed by atoms with Gasteiger partial charge in [-0.2, -0.15) is 0 Å². The summed E-state index contributed by atoms with van der Waals surface area (Å²) in [5.74, 6) is 1.38. The fourth-order valence-electron chi connectivity index (χ4n) is 2.05. The normalized spacial score (nSPS) is 14.8. The first-order chi connectivity index (χ1) is 7.84. The molecule has 0 bridgehead atoms. The van der Waals surface area contributed by atoms with Crippen molar-refractivity contribution in [2.24, 2.45) is 0 Å². The Bertz CT molecular complexity index is 495. The minimum atomic E-state index is -0.235. The zero-order valence-electron chi connectivity index (χ0n) is 8.79. The molecule has 0 saturated heterocycles. The average Bonchev–Trinajstić information content (AvgIpc) is 2.73. The van der Waals surface area contributed by atoms with Gasteiger partial charge in [0.15, 0.2) is 0 Å². The van der Waals surface area contributed by atoms with Crippen molar-refractivity contribution in [3.8, 4) is 11.3 Å². The Morgan fingerprint density at radius 1 is 1.25 bits per heavy atom. The molecule has 1 N–H and O–H groups in total. The van der Waals surface area contributed by atoms with Gasteiger partial charge >= 0.3 is 0 Å². The maximum Gasteiger partial charge on any atom is 0.137 e. The second-order valence-electron chi connectivity index (χ2n) is 3.97. The SMILES string of the molecule is Fc1ccccc1-c1cc2c(o1)CCNC2. The fourth-order valence-corrected chi connectivity index (χ4v) is 2.05. The zero-order chi connectivity index (χ0) is 11.0. The van der Waals surface area contributed by atoms with Crippen LogP contribution in [-0.2, 0) is 13.0 Å². The molecule has 0 radical (unpaired) electrons. The highest BCUT2D eigenvalue weighted by Gasteiger charge is 2.16. The Kier molecular flexibility index (Phi) is 2.26. The van der Waals surface area contributed by atoms with E-state index < -0.39 is 0 Å². The van der Waals surface area contributed by atoms with Gasteiger partial charge in [-0.25, -0.2) is 4.39 Å². The third kappa shape index (κ3) is 1.53. The summed E-state index contributed by atoms with van der Waals surface area (Å²) in [6, 6.07) is 8.63. The average molecular weight is 217 g/mol. The van der Waals surface area contributed by atoms with E-state index in [1.807, 2.05) is 12.1 Å². The molecule has 0 atom stereocenters. The second kappa shape index (κ2) is 3.76. The minimum Gasteiger partial charge on any atom is -0.461 e. The predicted molar refractivity (Wildman–Crippen MR) is 59.5 cm³/mol. The highest BCUT2D eigenvalue weighted by atomic mass is 19.1. The number of nitrogens with one attached hydrogen (secondary N) is 1. The van der Waals surface area contributed by atoms with Crippen LogP contribution in [0.25, 0.3) is 11.3 Å². The van der Waals surface area contributed by atoms with E-state index in [0.29, 0.717) is 11.3 Å². The van der Waals surface area contributed by atoms with Crippen LogP contribution < -0.4 is 5.32 Å². The second-order valence-corrected chi connectivity index (χ2v) is 3.97. The first-order valence-corrected chi connectivity index (χ1v) is 5.42. The highest BCUT2D eigenvalue weighted by molar-refractivity contribution is 5.59. The van der Waals surface area contributed by atoms with E-state index in [2.05, 4.69) is 5.32 Å². The van der Waals surface area contributed by atoms with Crippen LogP contribution in [0.1, 0.15) is 11.3 Å². The molecule has 0 unspecified atom stereocenters. The molecule has 1 aliphatic rings. The summed E-state index contributed by atoms with van der Waals surface area (Å²) < 4.78 is 19.3. The summed E-state index contributed by atoms with van der Waals surface area (Å²) in [7, 11) is 0. The predicted octanol–water partition coefficient (Wildman–Crippen LogP) is 2.73. The van der Waals surface area contributed by atoms with Crippen LogP contribution in [0.4, 0.5) is 4.39 Å². The number of hydrogen-bond donors (Lipinski definition) is 1. The van der Waals surface area contributed by atoms with Crippen molar-refractivity contribution in [3.05, 3.63) is 47.5 Å². The van der Waals surface area contributed by atoms with Gasteiger partial charge in [-0.1, -0.05) is 12.1 Å². The molecule has 0 fully saturated rings. The smallest absolute Gasteiger partial charge is 0.137 e. The van der Waals surface area contributed by atoms with Gasteiger partial charge in [0.1, 0.15) is 17.3 Å². The molecular weight excluding hydrogens is 205 g/mol. The zero-order valence-corrected chi connectivity index (χ0v) is 8.79. The summed E-state index contributed by atoms with van der Waals surface area (Å²) in [6.45, 7) is 1.74. The van der Waals surface area contributed by atoms with Crippen molar-refractivity contribution >= 4 is 0 Å². The third-order valence-corrected chi connectivity index (χ3v) is 2.88. The molecule has 16 heavy (non-hydrogen) atoms. The Balaban J connectivity index is 2.07. The molecule has 1 aromatic carbocycles. The van der Waals surface area contributed by atoms with Crippen molar-refractivity contribution in [1.29, 1.82) is 0 Å². The lowest BCUT2D eigenvalue weighted by Gasteiger charge is -2.09. The van der Waals surface area contributed by atoms with Crippen LogP contribution in [0, 0.1) is 5.82 Å². The van der Waals surface area contributed by atoms with Crippen LogP contribution >= 0.6 is 0 Å². The molecule has 2 aromatic rings. The fraction of sp³-hybridized carbons (Fsp3) is 0.231. The molecule has 3 heteroatoms. The Hall–Kier alpha value is -1.61. The summed E-state index contributed by atoms with van der Waals surface area (Å²) >= 11 is 0. The van der Waals surface area contributed by atoms with Gasteiger partial charge in [-0.15, -0.1) is 0 Å². The van der Waals surface area contributed by atoms with Crippen LogP contribution in [0.2, 0.25) is 0 Å². The molecule has 1 aliphatic heterocycles. The number of fused-ring (bicyclic) bond motifs is 1. The van der Waals surface area contributed by atoms with Crippen molar-refractivity contribution in [1.82, 2.24) is 5.32 Å². The van der Waals surface area contributed by atoms with Gasteiger partial charge in [-0.05, 0) is 18.2 Å². The highest BCUT2D eigenvalue weighted by Crippen LogP contribution is 2.28. The largest absolute Gasteiger partial charge is 0.461 e. The van der Waals surface area contributed by atoms with Crippen molar-refractivity contribution in [2.75, 3.05) is 6.54 Å². The number of benzene rings is 1. The molecule has 0 amide bonds. The monoisotopic (exact) mass is 217 g/mol. The minimum absolute atomic E-state index is 0.235. The van der Waals surface area contributed by atoms with Gasteiger partial charge in [-0.3, -0.25) is 0 Å². The van der Waals surface area contributed by atoms with Gasteiger partial charge in [0, 0.05) is 25.1 Å². The van der Waals surface area contributed by atoms with Crippen molar-refractivity contribution in [2.45, 2.75) is 13.0 Å². The lowest BCUT2D eigenvalue weighted by Crippen LogP contribution is -2.22. The summed E-state index contributed by atoms with van der Waals surface area (Å²) in [5, 5.41) is 3.27. The molecule has 2 nitrogen and oxygen atoms in total. The molecule has 2 heterocycles. The van der Waals surface area contributed by atoms with Crippen molar-refractivity contribution < 1.29 is 8.81 Å².